The van der Waals surface area contributed by atoms with Gasteiger partial charge in [0.1, 0.15) is 5.58 Å². The lowest BCUT2D eigenvalue weighted by Gasteiger charge is -2.08. The number of amides is 1. The van der Waals surface area contributed by atoms with Crippen LogP contribution in [0.4, 0.5) is 5.69 Å². The zero-order valence-electron chi connectivity index (χ0n) is 16.1. The number of anilines is 1. The number of carbonyl (C=O) groups excluding carboxylic acids is 2. The molecule has 0 fully saturated rings. The predicted octanol–water partition coefficient (Wildman–Crippen LogP) is 4.26. The Hall–Kier alpha value is -3.08. The van der Waals surface area contributed by atoms with Crippen molar-refractivity contribution in [1.82, 2.24) is 0 Å². The van der Waals surface area contributed by atoms with E-state index in [2.05, 4.69) is 11.4 Å². The van der Waals surface area contributed by atoms with Crippen LogP contribution in [-0.4, -0.2) is 18.5 Å². The van der Waals surface area contributed by atoms with Crippen molar-refractivity contribution in [3.63, 3.8) is 0 Å². The average molecular weight is 377 g/mol. The molecule has 1 heterocycles. The van der Waals surface area contributed by atoms with Crippen LogP contribution in [0.2, 0.25) is 0 Å². The summed E-state index contributed by atoms with van der Waals surface area (Å²) in [7, 11) is 0. The molecule has 3 aromatic rings. The minimum atomic E-state index is -0.454. The van der Waals surface area contributed by atoms with Crippen molar-refractivity contribution in [3.8, 4) is 0 Å². The SMILES string of the molecule is Cc1cc2occ(CC(=O)OCC(=O)Nc3ccc4c(c3)CCC4)c2cc1C. The van der Waals surface area contributed by atoms with Crippen LogP contribution in [0.1, 0.15) is 34.2 Å². The largest absolute Gasteiger partial charge is 0.464 e. The minimum absolute atomic E-state index is 0.0711. The average Bonchev–Trinajstić information content (AvgIpc) is 3.27. The number of benzene rings is 2. The highest BCUT2D eigenvalue weighted by Gasteiger charge is 2.15. The minimum Gasteiger partial charge on any atom is -0.464 e. The standard InChI is InChI=1S/C23H23NO4/c1-14-8-20-18(12-27-21(20)9-15(14)2)11-23(26)28-13-22(25)24-19-7-6-16-4-3-5-17(16)10-19/h6-10,12H,3-5,11,13H2,1-2H3,(H,24,25). The molecule has 0 unspecified atom stereocenters. The molecule has 0 saturated heterocycles. The Kier molecular flexibility index (Phi) is 4.90. The van der Waals surface area contributed by atoms with E-state index in [4.69, 9.17) is 9.15 Å². The van der Waals surface area contributed by atoms with Crippen molar-refractivity contribution in [2.75, 3.05) is 11.9 Å². The third-order valence-electron chi connectivity index (χ3n) is 5.35. The lowest BCUT2D eigenvalue weighted by molar-refractivity contribution is -0.146. The fourth-order valence-electron chi connectivity index (χ4n) is 3.67. The van der Waals surface area contributed by atoms with Gasteiger partial charge in [-0.3, -0.25) is 9.59 Å². The highest BCUT2D eigenvalue weighted by atomic mass is 16.5. The van der Waals surface area contributed by atoms with Gasteiger partial charge in [-0.2, -0.15) is 0 Å². The van der Waals surface area contributed by atoms with E-state index >= 15 is 0 Å². The fourth-order valence-corrected chi connectivity index (χ4v) is 3.67. The molecule has 0 aliphatic heterocycles. The number of fused-ring (bicyclic) bond motifs is 2. The van der Waals surface area contributed by atoms with Crippen LogP contribution in [0.5, 0.6) is 0 Å². The van der Waals surface area contributed by atoms with E-state index in [9.17, 15) is 9.59 Å². The molecule has 5 heteroatoms. The molecule has 1 aliphatic rings. The zero-order chi connectivity index (χ0) is 19.7. The Labute approximate surface area is 163 Å². The van der Waals surface area contributed by atoms with Gasteiger partial charge in [-0.1, -0.05) is 6.07 Å². The Morgan fingerprint density at radius 3 is 2.71 bits per heavy atom. The summed E-state index contributed by atoms with van der Waals surface area (Å²) < 4.78 is 10.7. The maximum Gasteiger partial charge on any atom is 0.310 e. The number of aryl methyl sites for hydroxylation is 4. The number of carbonyl (C=O) groups is 2. The maximum absolute atomic E-state index is 12.2. The lowest BCUT2D eigenvalue weighted by Crippen LogP contribution is -2.21. The highest BCUT2D eigenvalue weighted by Crippen LogP contribution is 2.26. The smallest absolute Gasteiger partial charge is 0.310 e. The van der Waals surface area contributed by atoms with Crippen molar-refractivity contribution in [2.24, 2.45) is 0 Å². The van der Waals surface area contributed by atoms with Gasteiger partial charge in [0.15, 0.2) is 6.61 Å². The Morgan fingerprint density at radius 1 is 1.07 bits per heavy atom. The van der Waals surface area contributed by atoms with Crippen molar-refractivity contribution >= 4 is 28.5 Å². The first-order chi connectivity index (χ1) is 13.5. The maximum atomic E-state index is 12.2. The fraction of sp³-hybridized carbons (Fsp3) is 0.304. The molecular weight excluding hydrogens is 354 g/mol. The summed E-state index contributed by atoms with van der Waals surface area (Å²) in [5, 5.41) is 3.70. The molecule has 28 heavy (non-hydrogen) atoms. The molecule has 0 spiro atoms. The molecule has 0 radical (unpaired) electrons. The molecule has 5 nitrogen and oxygen atoms in total. The summed E-state index contributed by atoms with van der Waals surface area (Å²) in [5.41, 5.74) is 7.17. The van der Waals surface area contributed by atoms with Gasteiger partial charge >= 0.3 is 5.97 Å². The molecule has 2 aromatic carbocycles. The second-order valence-electron chi connectivity index (χ2n) is 7.42. The highest BCUT2D eigenvalue weighted by molar-refractivity contribution is 5.93. The molecule has 1 N–H and O–H groups in total. The first-order valence-corrected chi connectivity index (χ1v) is 9.54. The quantitative estimate of drug-likeness (QED) is 0.675. The lowest BCUT2D eigenvalue weighted by atomic mass is 10.0. The van der Waals surface area contributed by atoms with Crippen LogP contribution in [0.25, 0.3) is 11.0 Å². The van der Waals surface area contributed by atoms with Crippen molar-refractivity contribution in [3.05, 3.63) is 64.4 Å². The molecular formula is C23H23NO4. The van der Waals surface area contributed by atoms with Crippen LogP contribution >= 0.6 is 0 Å². The van der Waals surface area contributed by atoms with E-state index in [-0.39, 0.29) is 18.9 Å². The molecule has 0 atom stereocenters. The number of ether oxygens (including phenoxy) is 1. The van der Waals surface area contributed by atoms with Crippen LogP contribution in [0, 0.1) is 13.8 Å². The number of furan rings is 1. The summed E-state index contributed by atoms with van der Waals surface area (Å²) in [5.74, 6) is -0.792. The monoisotopic (exact) mass is 377 g/mol. The van der Waals surface area contributed by atoms with Gasteiger partial charge in [0.05, 0.1) is 12.7 Å². The van der Waals surface area contributed by atoms with E-state index < -0.39 is 5.97 Å². The second kappa shape index (κ2) is 7.50. The predicted molar refractivity (Wildman–Crippen MR) is 107 cm³/mol. The topological polar surface area (TPSA) is 68.5 Å². The molecule has 1 amide bonds. The van der Waals surface area contributed by atoms with Crippen molar-refractivity contribution in [1.29, 1.82) is 0 Å². The number of hydrogen-bond acceptors (Lipinski definition) is 4. The normalized spacial score (nSPS) is 12.8. The second-order valence-corrected chi connectivity index (χ2v) is 7.42. The summed E-state index contributed by atoms with van der Waals surface area (Å²) >= 11 is 0. The molecule has 0 saturated carbocycles. The van der Waals surface area contributed by atoms with E-state index in [1.165, 1.54) is 11.1 Å². The van der Waals surface area contributed by atoms with Gasteiger partial charge < -0.3 is 14.5 Å². The number of esters is 1. The molecule has 1 aromatic heterocycles. The van der Waals surface area contributed by atoms with Gasteiger partial charge in [-0.05, 0) is 79.6 Å². The van der Waals surface area contributed by atoms with E-state index in [1.54, 1.807) is 6.26 Å². The summed E-state index contributed by atoms with van der Waals surface area (Å²) in [6, 6.07) is 9.92. The van der Waals surface area contributed by atoms with Gasteiger partial charge in [0.2, 0.25) is 0 Å². The first-order valence-electron chi connectivity index (χ1n) is 9.54. The molecule has 144 valence electrons. The van der Waals surface area contributed by atoms with Crippen LogP contribution < -0.4 is 5.32 Å². The summed E-state index contributed by atoms with van der Waals surface area (Å²) in [6.45, 7) is 3.74. The first kappa shape index (κ1) is 18.3. The number of rotatable bonds is 5. The zero-order valence-corrected chi connectivity index (χ0v) is 16.1. The van der Waals surface area contributed by atoms with E-state index in [1.807, 2.05) is 38.1 Å². The van der Waals surface area contributed by atoms with Crippen molar-refractivity contribution in [2.45, 2.75) is 39.5 Å². The third kappa shape index (κ3) is 3.79. The van der Waals surface area contributed by atoms with Crippen LogP contribution in [-0.2, 0) is 33.6 Å². The summed E-state index contributed by atoms with van der Waals surface area (Å²) in [4.78, 5) is 24.3. The van der Waals surface area contributed by atoms with Gasteiger partial charge in [0.25, 0.3) is 5.91 Å². The Morgan fingerprint density at radius 2 is 1.86 bits per heavy atom. The van der Waals surface area contributed by atoms with Gasteiger partial charge in [-0.25, -0.2) is 0 Å². The van der Waals surface area contributed by atoms with Gasteiger partial charge in [0, 0.05) is 16.6 Å². The number of hydrogen-bond donors (Lipinski definition) is 1. The van der Waals surface area contributed by atoms with Crippen LogP contribution in [0.3, 0.4) is 0 Å². The Balaban J connectivity index is 1.33. The molecule has 1 aliphatic carbocycles. The summed E-state index contributed by atoms with van der Waals surface area (Å²) in [6.07, 6.45) is 4.96. The Bertz CT molecular complexity index is 1060. The third-order valence-corrected chi connectivity index (χ3v) is 5.35. The van der Waals surface area contributed by atoms with Crippen LogP contribution in [0.15, 0.2) is 41.0 Å². The molecule has 4 rings (SSSR count). The van der Waals surface area contributed by atoms with E-state index in [0.717, 1.165) is 52.6 Å². The molecule has 0 bridgehead atoms. The van der Waals surface area contributed by atoms with Crippen molar-refractivity contribution < 1.29 is 18.7 Å². The van der Waals surface area contributed by atoms with Gasteiger partial charge in [-0.15, -0.1) is 0 Å². The van der Waals surface area contributed by atoms with E-state index in [0.29, 0.717) is 0 Å². The number of nitrogens with one attached hydrogen (secondary N) is 1.